The molecule has 0 bridgehead atoms. The second kappa shape index (κ2) is 7.77. The standard InChI is InChI=1S/C16H18BrClN2/c1-19-10-13(8-12-2-4-15(17)5-3-12)9-14-6-7-20-11-16(14)18/h2-7,11,13,19H,8-10H2,1H3. The summed E-state index contributed by atoms with van der Waals surface area (Å²) >= 11 is 9.67. The molecule has 1 atom stereocenters. The van der Waals surface area contributed by atoms with Gasteiger partial charge in [-0.15, -0.1) is 0 Å². The van der Waals surface area contributed by atoms with Crippen LogP contribution in [0.15, 0.2) is 47.2 Å². The number of halogens is 2. The van der Waals surface area contributed by atoms with E-state index in [0.717, 1.165) is 28.9 Å². The maximum Gasteiger partial charge on any atom is 0.0621 e. The lowest BCUT2D eigenvalue weighted by Crippen LogP contribution is -2.23. The SMILES string of the molecule is CNCC(Cc1ccc(Br)cc1)Cc1ccncc1Cl. The molecule has 106 valence electrons. The molecule has 0 spiro atoms. The van der Waals surface area contributed by atoms with Crippen LogP contribution in [0, 0.1) is 5.92 Å². The maximum absolute atomic E-state index is 6.20. The van der Waals surface area contributed by atoms with E-state index >= 15 is 0 Å². The summed E-state index contributed by atoms with van der Waals surface area (Å²) in [5.74, 6) is 0.515. The van der Waals surface area contributed by atoms with Gasteiger partial charge in [0.05, 0.1) is 5.02 Å². The highest BCUT2D eigenvalue weighted by atomic mass is 79.9. The van der Waals surface area contributed by atoms with E-state index in [-0.39, 0.29) is 0 Å². The summed E-state index contributed by atoms with van der Waals surface area (Å²) in [5.41, 5.74) is 2.51. The van der Waals surface area contributed by atoms with E-state index in [2.05, 4.69) is 50.5 Å². The minimum absolute atomic E-state index is 0.515. The smallest absolute Gasteiger partial charge is 0.0621 e. The minimum atomic E-state index is 0.515. The molecule has 0 saturated carbocycles. The molecule has 1 unspecified atom stereocenters. The van der Waals surface area contributed by atoms with Crippen molar-refractivity contribution in [3.63, 3.8) is 0 Å². The third-order valence-corrected chi connectivity index (χ3v) is 4.16. The molecule has 0 amide bonds. The second-order valence-electron chi connectivity index (χ2n) is 4.93. The molecule has 0 aliphatic carbocycles. The zero-order valence-electron chi connectivity index (χ0n) is 11.4. The molecule has 4 heteroatoms. The van der Waals surface area contributed by atoms with Gasteiger partial charge in [-0.25, -0.2) is 0 Å². The summed E-state index contributed by atoms with van der Waals surface area (Å²) < 4.78 is 1.11. The van der Waals surface area contributed by atoms with E-state index in [0.29, 0.717) is 5.92 Å². The molecule has 1 N–H and O–H groups in total. The van der Waals surface area contributed by atoms with Gasteiger partial charge in [0.1, 0.15) is 0 Å². The molecule has 0 radical (unpaired) electrons. The first-order valence-electron chi connectivity index (χ1n) is 6.66. The van der Waals surface area contributed by atoms with Crippen LogP contribution in [0.1, 0.15) is 11.1 Å². The largest absolute Gasteiger partial charge is 0.319 e. The van der Waals surface area contributed by atoms with Crippen LogP contribution in [0.3, 0.4) is 0 Å². The third-order valence-electron chi connectivity index (χ3n) is 3.30. The van der Waals surface area contributed by atoms with Gasteiger partial charge in [-0.1, -0.05) is 39.7 Å². The first-order chi connectivity index (χ1) is 9.69. The van der Waals surface area contributed by atoms with Crippen LogP contribution in [0.25, 0.3) is 0 Å². The van der Waals surface area contributed by atoms with Gasteiger partial charge in [0.2, 0.25) is 0 Å². The van der Waals surface area contributed by atoms with Crippen LogP contribution in [-0.4, -0.2) is 18.6 Å². The Balaban J connectivity index is 2.07. The van der Waals surface area contributed by atoms with Gasteiger partial charge in [0.15, 0.2) is 0 Å². The molecule has 1 heterocycles. The Bertz CT molecular complexity index is 542. The normalized spacial score (nSPS) is 12.3. The Morgan fingerprint density at radius 2 is 1.95 bits per heavy atom. The first-order valence-corrected chi connectivity index (χ1v) is 7.83. The van der Waals surface area contributed by atoms with Crippen molar-refractivity contribution in [3.05, 3.63) is 63.3 Å². The van der Waals surface area contributed by atoms with Crippen molar-refractivity contribution in [2.45, 2.75) is 12.8 Å². The van der Waals surface area contributed by atoms with E-state index in [4.69, 9.17) is 11.6 Å². The van der Waals surface area contributed by atoms with Crippen molar-refractivity contribution < 1.29 is 0 Å². The van der Waals surface area contributed by atoms with Crippen molar-refractivity contribution in [1.29, 1.82) is 0 Å². The fourth-order valence-corrected chi connectivity index (χ4v) is 2.80. The molecule has 0 aliphatic heterocycles. The second-order valence-corrected chi connectivity index (χ2v) is 6.25. The molecule has 2 rings (SSSR count). The molecular weight excluding hydrogens is 336 g/mol. The molecular formula is C16H18BrClN2. The lowest BCUT2D eigenvalue weighted by Gasteiger charge is -2.17. The van der Waals surface area contributed by atoms with Gasteiger partial charge in [-0.3, -0.25) is 4.98 Å². The van der Waals surface area contributed by atoms with Crippen LogP contribution in [0.2, 0.25) is 5.02 Å². The van der Waals surface area contributed by atoms with Gasteiger partial charge in [-0.05, 0) is 61.7 Å². The minimum Gasteiger partial charge on any atom is -0.319 e. The molecule has 2 aromatic rings. The Hall–Kier alpha value is -0.900. The first kappa shape index (κ1) is 15.5. The van der Waals surface area contributed by atoms with Crippen LogP contribution in [-0.2, 0) is 12.8 Å². The lowest BCUT2D eigenvalue weighted by molar-refractivity contribution is 0.493. The predicted molar refractivity (Wildman–Crippen MR) is 88.2 cm³/mol. The third kappa shape index (κ3) is 4.58. The van der Waals surface area contributed by atoms with Crippen molar-refractivity contribution in [2.24, 2.45) is 5.92 Å². The summed E-state index contributed by atoms with van der Waals surface area (Å²) in [5, 5.41) is 4.03. The van der Waals surface area contributed by atoms with Gasteiger partial charge < -0.3 is 5.32 Å². The number of benzene rings is 1. The van der Waals surface area contributed by atoms with Crippen molar-refractivity contribution in [2.75, 3.05) is 13.6 Å². The summed E-state index contributed by atoms with van der Waals surface area (Å²) in [6, 6.07) is 10.5. The number of hydrogen-bond donors (Lipinski definition) is 1. The zero-order chi connectivity index (χ0) is 14.4. The quantitative estimate of drug-likeness (QED) is 0.845. The molecule has 2 nitrogen and oxygen atoms in total. The Kier molecular flexibility index (Phi) is 6.02. The van der Waals surface area contributed by atoms with Crippen LogP contribution < -0.4 is 5.32 Å². The van der Waals surface area contributed by atoms with Gasteiger partial charge in [-0.2, -0.15) is 0 Å². The van der Waals surface area contributed by atoms with E-state index in [9.17, 15) is 0 Å². The molecule has 20 heavy (non-hydrogen) atoms. The topological polar surface area (TPSA) is 24.9 Å². The molecule has 1 aromatic heterocycles. The number of nitrogens with one attached hydrogen (secondary N) is 1. The Labute approximate surface area is 133 Å². The van der Waals surface area contributed by atoms with Crippen LogP contribution >= 0.6 is 27.5 Å². The van der Waals surface area contributed by atoms with Gasteiger partial charge in [0.25, 0.3) is 0 Å². The predicted octanol–water partition coefficient (Wildman–Crippen LogP) is 4.12. The van der Waals surface area contributed by atoms with E-state index < -0.39 is 0 Å². The number of nitrogens with zero attached hydrogens (tertiary/aromatic N) is 1. The van der Waals surface area contributed by atoms with E-state index in [1.54, 1.807) is 12.4 Å². The Morgan fingerprint density at radius 3 is 2.60 bits per heavy atom. The fourth-order valence-electron chi connectivity index (χ4n) is 2.34. The average Bonchev–Trinajstić information content (AvgIpc) is 2.44. The Morgan fingerprint density at radius 1 is 1.20 bits per heavy atom. The molecule has 0 aliphatic rings. The zero-order valence-corrected chi connectivity index (χ0v) is 13.8. The lowest BCUT2D eigenvalue weighted by atomic mass is 9.93. The van der Waals surface area contributed by atoms with E-state index in [1.807, 2.05) is 13.1 Å². The van der Waals surface area contributed by atoms with Crippen LogP contribution in [0.5, 0.6) is 0 Å². The number of hydrogen-bond acceptors (Lipinski definition) is 2. The number of rotatable bonds is 6. The van der Waals surface area contributed by atoms with Crippen LogP contribution in [0.4, 0.5) is 0 Å². The summed E-state index contributed by atoms with van der Waals surface area (Å²) in [7, 11) is 1.99. The monoisotopic (exact) mass is 352 g/mol. The average molecular weight is 354 g/mol. The fraction of sp³-hybridized carbons (Fsp3) is 0.312. The summed E-state index contributed by atoms with van der Waals surface area (Å²) in [6.45, 7) is 0.967. The van der Waals surface area contributed by atoms with E-state index in [1.165, 1.54) is 11.1 Å². The van der Waals surface area contributed by atoms with Gasteiger partial charge >= 0.3 is 0 Å². The summed E-state index contributed by atoms with van der Waals surface area (Å²) in [6.07, 6.45) is 5.51. The molecule has 1 aromatic carbocycles. The molecule has 0 saturated heterocycles. The summed E-state index contributed by atoms with van der Waals surface area (Å²) in [4.78, 5) is 4.04. The maximum atomic E-state index is 6.20. The molecule has 0 fully saturated rings. The van der Waals surface area contributed by atoms with Gasteiger partial charge in [0, 0.05) is 16.9 Å². The van der Waals surface area contributed by atoms with Crippen molar-refractivity contribution in [1.82, 2.24) is 10.3 Å². The highest BCUT2D eigenvalue weighted by Gasteiger charge is 2.12. The van der Waals surface area contributed by atoms with Crippen molar-refractivity contribution in [3.8, 4) is 0 Å². The number of pyridine rings is 1. The highest BCUT2D eigenvalue weighted by Crippen LogP contribution is 2.21. The highest BCUT2D eigenvalue weighted by molar-refractivity contribution is 9.10. The van der Waals surface area contributed by atoms with Crippen molar-refractivity contribution >= 4 is 27.5 Å². The number of aromatic nitrogens is 1.